The summed E-state index contributed by atoms with van der Waals surface area (Å²) in [5, 5.41) is 3.38. The number of benzene rings is 3. The largest absolute Gasteiger partial charge is 0.454 e. The third kappa shape index (κ3) is 6.15. The van der Waals surface area contributed by atoms with Gasteiger partial charge >= 0.3 is 5.97 Å². The lowest BCUT2D eigenvalue weighted by molar-refractivity contribution is -0.121. The number of imide groups is 1. The summed E-state index contributed by atoms with van der Waals surface area (Å²) in [6.45, 7) is 1.85. The lowest BCUT2D eigenvalue weighted by Gasteiger charge is -2.28. The molecule has 1 saturated carbocycles. The quantitative estimate of drug-likeness (QED) is 0.248. The summed E-state index contributed by atoms with van der Waals surface area (Å²) in [5.41, 5.74) is 3.14. The van der Waals surface area contributed by atoms with E-state index in [9.17, 15) is 19.2 Å². The van der Waals surface area contributed by atoms with E-state index in [1.54, 1.807) is 24.3 Å². The number of anilines is 1. The number of esters is 1. The van der Waals surface area contributed by atoms with Crippen molar-refractivity contribution >= 4 is 29.3 Å². The number of nitrogens with one attached hydrogen (secondary N) is 1. The molecule has 1 N–H and O–H groups in total. The van der Waals surface area contributed by atoms with Crippen molar-refractivity contribution in [2.45, 2.75) is 51.1 Å². The molecule has 1 saturated heterocycles. The molecule has 1 aliphatic heterocycles. The number of nitrogens with zero attached hydrogens (tertiary/aromatic N) is 1. The van der Waals surface area contributed by atoms with Crippen LogP contribution in [0.1, 0.15) is 59.7 Å². The summed E-state index contributed by atoms with van der Waals surface area (Å²) >= 11 is 0. The minimum atomic E-state index is -0.652. The lowest BCUT2D eigenvalue weighted by Crippen LogP contribution is -2.45. The van der Waals surface area contributed by atoms with E-state index in [0.717, 1.165) is 36.8 Å². The van der Waals surface area contributed by atoms with Crippen molar-refractivity contribution in [1.29, 1.82) is 0 Å². The van der Waals surface area contributed by atoms with Gasteiger partial charge in [0.15, 0.2) is 12.4 Å². The molecule has 2 aliphatic rings. The Balaban J connectivity index is 1.15. The number of ether oxygens (including phenoxy) is 1. The number of ketones is 1. The summed E-state index contributed by atoms with van der Waals surface area (Å²) in [4.78, 5) is 51.9. The van der Waals surface area contributed by atoms with Crippen LogP contribution in [-0.4, -0.2) is 42.3 Å². The fraction of sp³-hybridized carbons (Fsp3) is 0.312. The molecule has 0 spiro atoms. The first-order valence-corrected chi connectivity index (χ1v) is 13.5. The summed E-state index contributed by atoms with van der Waals surface area (Å²) in [6, 6.07) is 22.8. The summed E-state index contributed by atoms with van der Waals surface area (Å²) in [5.74, 6) is -0.784. The van der Waals surface area contributed by atoms with Gasteiger partial charge in [0.1, 0.15) is 0 Å². The van der Waals surface area contributed by atoms with Gasteiger partial charge in [-0.15, -0.1) is 0 Å². The molecule has 7 nitrogen and oxygen atoms in total. The van der Waals surface area contributed by atoms with Crippen LogP contribution >= 0.6 is 0 Å². The maximum absolute atomic E-state index is 13.0. The van der Waals surface area contributed by atoms with Gasteiger partial charge in [-0.2, -0.15) is 0 Å². The fourth-order valence-corrected chi connectivity index (χ4v) is 5.27. The Morgan fingerprint density at radius 2 is 1.44 bits per heavy atom. The van der Waals surface area contributed by atoms with Crippen molar-refractivity contribution in [3.63, 3.8) is 0 Å². The van der Waals surface area contributed by atoms with Crippen molar-refractivity contribution in [2.24, 2.45) is 5.92 Å². The van der Waals surface area contributed by atoms with Gasteiger partial charge in [0.25, 0.3) is 5.91 Å². The molecular formula is C32H32N2O5. The Kier molecular flexibility index (Phi) is 7.98. The smallest absolute Gasteiger partial charge is 0.338 e. The molecule has 3 aromatic rings. The summed E-state index contributed by atoms with van der Waals surface area (Å²) in [6.07, 6.45) is 4.40. The highest BCUT2D eigenvalue weighted by atomic mass is 16.5. The molecule has 1 aliphatic carbocycles. The normalized spacial score (nSPS) is 21.2. The van der Waals surface area contributed by atoms with Gasteiger partial charge in [0.05, 0.1) is 23.7 Å². The molecule has 200 valence electrons. The molecule has 1 atom stereocenters. The highest BCUT2D eigenvalue weighted by Gasteiger charge is 2.40. The second kappa shape index (κ2) is 11.7. The molecular weight excluding hydrogens is 492 g/mol. The zero-order chi connectivity index (χ0) is 27.4. The zero-order valence-corrected chi connectivity index (χ0v) is 22.0. The number of hydrogen-bond acceptors (Lipinski definition) is 6. The number of carbonyl (C=O) groups excluding carboxylic acids is 4. The number of hydrogen-bond donors (Lipinski definition) is 1. The van der Waals surface area contributed by atoms with Gasteiger partial charge < -0.3 is 10.1 Å². The molecule has 0 aromatic heterocycles. The van der Waals surface area contributed by atoms with E-state index in [2.05, 4.69) is 12.2 Å². The maximum atomic E-state index is 13.0. The van der Waals surface area contributed by atoms with Gasteiger partial charge in [-0.3, -0.25) is 14.4 Å². The molecule has 1 heterocycles. The van der Waals surface area contributed by atoms with Gasteiger partial charge in [-0.05, 0) is 67.0 Å². The number of rotatable bonds is 8. The van der Waals surface area contributed by atoms with E-state index in [1.807, 2.05) is 42.5 Å². The number of carbonyl (C=O) groups is 4. The van der Waals surface area contributed by atoms with E-state index < -0.39 is 12.0 Å². The van der Waals surface area contributed by atoms with Gasteiger partial charge in [-0.1, -0.05) is 61.5 Å². The lowest BCUT2D eigenvalue weighted by atomic mass is 9.87. The molecule has 3 aromatic carbocycles. The van der Waals surface area contributed by atoms with Crippen molar-refractivity contribution < 1.29 is 23.9 Å². The molecule has 0 bridgehead atoms. The first-order chi connectivity index (χ1) is 18.9. The molecule has 7 heteroatoms. The third-order valence-corrected chi connectivity index (χ3v) is 7.61. The Morgan fingerprint density at radius 3 is 2.10 bits per heavy atom. The highest BCUT2D eigenvalue weighted by molar-refractivity contribution is 6.22. The van der Waals surface area contributed by atoms with E-state index in [1.165, 1.54) is 17.0 Å². The Bertz CT molecular complexity index is 1340. The SMILES string of the molecule is CC1CCC(NC2CC(=O)N(c3ccc(C(=O)OCC(=O)c4ccc(-c5ccccc5)cc4)cc3)C2=O)CC1. The molecule has 0 radical (unpaired) electrons. The van der Waals surface area contributed by atoms with Gasteiger partial charge in [0, 0.05) is 11.6 Å². The maximum Gasteiger partial charge on any atom is 0.338 e. The average Bonchev–Trinajstić information content (AvgIpc) is 3.25. The molecule has 5 rings (SSSR count). The molecule has 39 heavy (non-hydrogen) atoms. The minimum Gasteiger partial charge on any atom is -0.454 e. The molecule has 1 unspecified atom stereocenters. The highest BCUT2D eigenvalue weighted by Crippen LogP contribution is 2.27. The molecule has 2 fully saturated rings. The van der Waals surface area contributed by atoms with Crippen LogP contribution in [0.3, 0.4) is 0 Å². The monoisotopic (exact) mass is 524 g/mol. The Labute approximate surface area is 228 Å². The number of Topliss-reactive ketones (excluding diaryl/α,β-unsaturated/α-hetero) is 1. The van der Waals surface area contributed by atoms with E-state index in [0.29, 0.717) is 17.2 Å². The predicted octanol–water partition coefficient (Wildman–Crippen LogP) is 5.19. The number of amides is 2. The van der Waals surface area contributed by atoms with Crippen molar-refractivity contribution in [3.8, 4) is 11.1 Å². The average molecular weight is 525 g/mol. The molecule has 2 amide bonds. The topological polar surface area (TPSA) is 92.8 Å². The fourth-order valence-electron chi connectivity index (χ4n) is 5.27. The van der Waals surface area contributed by atoms with Crippen LogP contribution in [0.4, 0.5) is 5.69 Å². The van der Waals surface area contributed by atoms with E-state index in [4.69, 9.17) is 4.74 Å². The van der Waals surface area contributed by atoms with Crippen LogP contribution in [0.15, 0.2) is 78.9 Å². The van der Waals surface area contributed by atoms with Crippen LogP contribution in [0.5, 0.6) is 0 Å². The van der Waals surface area contributed by atoms with E-state index in [-0.39, 0.29) is 42.2 Å². The van der Waals surface area contributed by atoms with Crippen molar-refractivity contribution in [1.82, 2.24) is 5.32 Å². The van der Waals surface area contributed by atoms with Crippen molar-refractivity contribution in [2.75, 3.05) is 11.5 Å². The zero-order valence-electron chi connectivity index (χ0n) is 22.0. The second-order valence-corrected chi connectivity index (χ2v) is 10.4. The van der Waals surface area contributed by atoms with Gasteiger partial charge in [-0.25, -0.2) is 9.69 Å². The van der Waals surface area contributed by atoms with Crippen LogP contribution in [0.25, 0.3) is 11.1 Å². The first kappa shape index (κ1) is 26.5. The van der Waals surface area contributed by atoms with Crippen LogP contribution in [-0.2, 0) is 14.3 Å². The second-order valence-electron chi connectivity index (χ2n) is 10.4. The summed E-state index contributed by atoms with van der Waals surface area (Å²) < 4.78 is 5.23. The Hall–Kier alpha value is -4.10. The first-order valence-electron chi connectivity index (χ1n) is 13.5. The predicted molar refractivity (Wildman–Crippen MR) is 148 cm³/mol. The third-order valence-electron chi connectivity index (χ3n) is 7.61. The summed E-state index contributed by atoms with van der Waals surface area (Å²) in [7, 11) is 0. The van der Waals surface area contributed by atoms with Crippen LogP contribution < -0.4 is 10.2 Å². The Morgan fingerprint density at radius 1 is 0.821 bits per heavy atom. The van der Waals surface area contributed by atoms with E-state index >= 15 is 0 Å². The van der Waals surface area contributed by atoms with Crippen LogP contribution in [0, 0.1) is 5.92 Å². The van der Waals surface area contributed by atoms with Crippen LogP contribution in [0.2, 0.25) is 0 Å². The van der Waals surface area contributed by atoms with Crippen molar-refractivity contribution in [3.05, 3.63) is 90.0 Å². The minimum absolute atomic E-state index is 0.128. The standard InChI is InChI=1S/C32H32N2O5/c1-21-7-15-26(16-8-21)33-28-19-30(36)34(31(28)37)27-17-13-25(14-18-27)32(38)39-20-29(35)24-11-9-23(10-12-24)22-5-3-2-4-6-22/h2-6,9-14,17-18,21,26,28,33H,7-8,15-16,19-20H2,1H3. The van der Waals surface area contributed by atoms with Gasteiger partial charge in [0.2, 0.25) is 5.91 Å².